The highest BCUT2D eigenvalue weighted by atomic mass is 32.1. The van der Waals surface area contributed by atoms with Crippen LogP contribution >= 0.6 is 11.3 Å². The van der Waals surface area contributed by atoms with E-state index in [0.717, 1.165) is 11.3 Å². The van der Waals surface area contributed by atoms with Gasteiger partial charge in [0.1, 0.15) is 4.83 Å². The zero-order valence-corrected chi connectivity index (χ0v) is 10.2. The van der Waals surface area contributed by atoms with E-state index in [9.17, 15) is 14.4 Å². The van der Waals surface area contributed by atoms with Gasteiger partial charge in [-0.2, -0.15) is 0 Å². The van der Waals surface area contributed by atoms with Crippen LogP contribution in [0.3, 0.4) is 0 Å². The molecular weight excluding hydrogens is 258 g/mol. The van der Waals surface area contributed by atoms with Crippen molar-refractivity contribution in [3.63, 3.8) is 0 Å². The highest BCUT2D eigenvalue weighted by molar-refractivity contribution is 7.17. The van der Waals surface area contributed by atoms with Gasteiger partial charge in [0.25, 0.3) is 5.56 Å². The minimum absolute atomic E-state index is 0.188. The number of carbonyl (C=O) groups is 1. The van der Waals surface area contributed by atoms with Gasteiger partial charge in [-0.05, 0) is 10.9 Å². The van der Waals surface area contributed by atoms with Crippen molar-refractivity contribution in [2.24, 2.45) is 7.05 Å². The number of aromatic nitrogens is 2. The van der Waals surface area contributed by atoms with Crippen molar-refractivity contribution in [2.45, 2.75) is 6.42 Å². The number of hydrogen-bond donors (Lipinski definition) is 2. The molecule has 0 aliphatic heterocycles. The minimum atomic E-state index is -1.05. The van der Waals surface area contributed by atoms with Crippen molar-refractivity contribution in [1.82, 2.24) is 9.13 Å². The lowest BCUT2D eigenvalue weighted by atomic mass is 10.2. The third-order valence-corrected chi connectivity index (χ3v) is 3.65. The maximum Gasteiger partial charge on any atom is 0.337 e. The number of aryl methyl sites for hydroxylation is 1. The van der Waals surface area contributed by atoms with E-state index in [4.69, 9.17) is 10.5 Å². The highest BCUT2D eigenvalue weighted by Gasteiger charge is 2.16. The summed E-state index contributed by atoms with van der Waals surface area (Å²) in [5.74, 6) is -1.05. The molecule has 0 saturated heterocycles. The lowest BCUT2D eigenvalue weighted by Crippen LogP contribution is -2.38. The standard InChI is InChI=1S/C10H9N3O4S/c1-12-9-7(5(3-18-9)2-6(14)15)8(16)13(4-11)10(12)17/h3-4,11H,2H2,1H3,(H,14,15). The second-order valence-electron chi connectivity index (χ2n) is 3.66. The van der Waals surface area contributed by atoms with Gasteiger partial charge in [0.05, 0.1) is 18.1 Å². The zero-order valence-electron chi connectivity index (χ0n) is 9.34. The lowest BCUT2D eigenvalue weighted by molar-refractivity contribution is -0.136. The molecule has 0 aliphatic carbocycles. The molecule has 94 valence electrons. The summed E-state index contributed by atoms with van der Waals surface area (Å²) in [4.78, 5) is 34.9. The van der Waals surface area contributed by atoms with Crippen LogP contribution in [0.15, 0.2) is 15.0 Å². The Balaban J connectivity index is 2.94. The van der Waals surface area contributed by atoms with E-state index in [-0.39, 0.29) is 11.8 Å². The van der Waals surface area contributed by atoms with Crippen LogP contribution in [0.1, 0.15) is 5.56 Å². The summed E-state index contributed by atoms with van der Waals surface area (Å²) in [7, 11) is 1.48. The van der Waals surface area contributed by atoms with Crippen molar-refractivity contribution in [1.29, 1.82) is 5.41 Å². The molecule has 0 aromatic carbocycles. The molecule has 2 heterocycles. The summed E-state index contributed by atoms with van der Waals surface area (Å²) in [6, 6.07) is 0. The number of rotatable bonds is 3. The van der Waals surface area contributed by atoms with E-state index in [1.54, 1.807) is 5.38 Å². The SMILES string of the molecule is Cn1c(=O)n(C=N)c(=O)c2c(CC(=O)O)csc21. The first kappa shape index (κ1) is 12.2. The fourth-order valence-electron chi connectivity index (χ4n) is 1.72. The molecule has 18 heavy (non-hydrogen) atoms. The summed E-state index contributed by atoms with van der Waals surface area (Å²) >= 11 is 1.14. The fourth-order valence-corrected chi connectivity index (χ4v) is 2.75. The molecule has 0 saturated carbocycles. The third kappa shape index (κ3) is 1.66. The van der Waals surface area contributed by atoms with Crippen LogP contribution in [-0.4, -0.2) is 26.5 Å². The van der Waals surface area contributed by atoms with Crippen LogP contribution in [0.2, 0.25) is 0 Å². The van der Waals surface area contributed by atoms with Crippen LogP contribution in [-0.2, 0) is 18.3 Å². The number of carboxylic acids is 1. The molecule has 0 unspecified atom stereocenters. The molecule has 8 heteroatoms. The maximum absolute atomic E-state index is 12.0. The fraction of sp³-hybridized carbons (Fsp3) is 0.200. The summed E-state index contributed by atoms with van der Waals surface area (Å²) in [6.45, 7) is 0. The summed E-state index contributed by atoms with van der Waals surface area (Å²) in [5, 5.41) is 17.6. The maximum atomic E-state index is 12.0. The normalized spacial score (nSPS) is 10.7. The minimum Gasteiger partial charge on any atom is -0.481 e. The predicted octanol–water partition coefficient (Wildman–Crippen LogP) is -0.156. The summed E-state index contributed by atoms with van der Waals surface area (Å²) in [6.07, 6.45) is 0.345. The van der Waals surface area contributed by atoms with Gasteiger partial charge in [0.15, 0.2) is 0 Å². The van der Waals surface area contributed by atoms with Crippen LogP contribution in [0.25, 0.3) is 10.2 Å². The van der Waals surface area contributed by atoms with E-state index >= 15 is 0 Å². The third-order valence-electron chi connectivity index (χ3n) is 2.55. The van der Waals surface area contributed by atoms with Crippen molar-refractivity contribution in [3.05, 3.63) is 31.8 Å². The van der Waals surface area contributed by atoms with Crippen LogP contribution in [0, 0.1) is 5.41 Å². The Kier molecular flexibility index (Phi) is 2.87. The number of hydrogen-bond acceptors (Lipinski definition) is 5. The predicted molar refractivity (Wildman–Crippen MR) is 66.8 cm³/mol. The molecule has 2 aromatic rings. The molecule has 0 aliphatic rings. The molecule has 0 amide bonds. The van der Waals surface area contributed by atoms with E-state index in [1.807, 2.05) is 0 Å². The summed E-state index contributed by atoms with van der Waals surface area (Å²) in [5.41, 5.74) is -0.912. The van der Waals surface area contributed by atoms with E-state index in [2.05, 4.69) is 0 Å². The van der Waals surface area contributed by atoms with Crippen molar-refractivity contribution < 1.29 is 9.90 Å². The molecule has 0 spiro atoms. The average Bonchev–Trinajstić information content (AvgIpc) is 2.70. The number of nitrogens with zero attached hydrogens (tertiary/aromatic N) is 2. The highest BCUT2D eigenvalue weighted by Crippen LogP contribution is 2.21. The van der Waals surface area contributed by atoms with Gasteiger partial charge in [0, 0.05) is 7.05 Å². The van der Waals surface area contributed by atoms with Crippen LogP contribution in [0.4, 0.5) is 0 Å². The Labute approximate surface area is 104 Å². The monoisotopic (exact) mass is 267 g/mol. The van der Waals surface area contributed by atoms with Crippen LogP contribution < -0.4 is 11.2 Å². The van der Waals surface area contributed by atoms with Crippen molar-refractivity contribution in [3.8, 4) is 0 Å². The lowest BCUT2D eigenvalue weighted by Gasteiger charge is -2.03. The Hall–Kier alpha value is -2.22. The van der Waals surface area contributed by atoms with Crippen LogP contribution in [0.5, 0.6) is 0 Å². The molecule has 0 radical (unpaired) electrons. The van der Waals surface area contributed by atoms with Gasteiger partial charge in [0.2, 0.25) is 0 Å². The molecule has 0 bridgehead atoms. The van der Waals surface area contributed by atoms with Gasteiger partial charge in [-0.1, -0.05) is 0 Å². The van der Waals surface area contributed by atoms with Crippen molar-refractivity contribution in [2.75, 3.05) is 0 Å². The molecular formula is C10H9N3O4S. The molecule has 0 fully saturated rings. The molecule has 0 atom stereocenters. The second kappa shape index (κ2) is 4.22. The summed E-state index contributed by atoms with van der Waals surface area (Å²) < 4.78 is 1.89. The van der Waals surface area contributed by atoms with E-state index in [0.29, 0.717) is 21.3 Å². The number of nitrogens with one attached hydrogen (secondary N) is 1. The Morgan fingerprint density at radius 2 is 2.22 bits per heavy atom. The quantitative estimate of drug-likeness (QED) is 0.595. The molecule has 7 nitrogen and oxygen atoms in total. The topological polar surface area (TPSA) is 105 Å². The van der Waals surface area contributed by atoms with E-state index < -0.39 is 17.2 Å². The Morgan fingerprint density at radius 3 is 2.78 bits per heavy atom. The zero-order chi connectivity index (χ0) is 13.4. The number of fused-ring (bicyclic) bond motifs is 1. The van der Waals surface area contributed by atoms with Gasteiger partial charge in [-0.3, -0.25) is 19.6 Å². The van der Waals surface area contributed by atoms with Gasteiger partial charge in [-0.15, -0.1) is 11.3 Å². The Bertz CT molecular complexity index is 768. The van der Waals surface area contributed by atoms with Gasteiger partial charge >= 0.3 is 11.7 Å². The number of aliphatic carboxylic acids is 1. The Morgan fingerprint density at radius 1 is 1.56 bits per heavy atom. The second-order valence-corrected chi connectivity index (χ2v) is 4.52. The largest absolute Gasteiger partial charge is 0.481 e. The first-order valence-electron chi connectivity index (χ1n) is 4.91. The molecule has 2 N–H and O–H groups in total. The number of thiophene rings is 1. The smallest absolute Gasteiger partial charge is 0.337 e. The first-order valence-corrected chi connectivity index (χ1v) is 5.79. The molecule has 2 aromatic heterocycles. The van der Waals surface area contributed by atoms with Crippen molar-refractivity contribution >= 4 is 33.9 Å². The van der Waals surface area contributed by atoms with Gasteiger partial charge < -0.3 is 5.11 Å². The van der Waals surface area contributed by atoms with E-state index in [1.165, 1.54) is 11.6 Å². The average molecular weight is 267 g/mol. The molecule has 2 rings (SSSR count). The van der Waals surface area contributed by atoms with Gasteiger partial charge in [-0.25, -0.2) is 9.36 Å². The number of carboxylic acid groups (broad SMARTS) is 1. The first-order chi connectivity index (χ1) is 8.47.